The maximum atomic E-state index is 8.12. The van der Waals surface area contributed by atoms with E-state index in [-0.39, 0.29) is 6.15 Å². The van der Waals surface area contributed by atoms with Crippen LogP contribution in [0.1, 0.15) is 40.5 Å². The first-order chi connectivity index (χ1) is 4.47. The molecule has 0 amide bonds. The molecule has 0 rings (SSSR count). The van der Waals surface area contributed by atoms with Crippen molar-refractivity contribution in [3.8, 4) is 0 Å². The van der Waals surface area contributed by atoms with Crippen LogP contribution in [0.2, 0.25) is 0 Å². The summed E-state index contributed by atoms with van der Waals surface area (Å²) in [4.78, 5) is 16.2. The fourth-order valence-corrected chi connectivity index (χ4v) is 0.750. The molecule has 0 atom stereocenters. The van der Waals surface area contributed by atoms with E-state index in [1.165, 1.54) is 12.8 Å². The van der Waals surface area contributed by atoms with Crippen molar-refractivity contribution in [3.63, 3.8) is 0 Å². The lowest BCUT2D eigenvalue weighted by molar-refractivity contribution is -0.191. The molecule has 0 spiro atoms. The van der Waals surface area contributed by atoms with E-state index in [1.807, 2.05) is 0 Å². The van der Waals surface area contributed by atoms with Crippen molar-refractivity contribution in [2.45, 2.75) is 40.5 Å². The van der Waals surface area contributed by atoms with Crippen LogP contribution in [0.15, 0.2) is 0 Å². The van der Waals surface area contributed by atoms with Crippen molar-refractivity contribution in [1.29, 1.82) is 0 Å². The molecule has 60 valence electrons. The zero-order chi connectivity index (χ0) is 8.62. The molecule has 0 aliphatic rings. The van der Waals surface area contributed by atoms with Crippen molar-refractivity contribution in [3.05, 3.63) is 0 Å². The van der Waals surface area contributed by atoms with Crippen LogP contribution in [0.3, 0.4) is 0 Å². The minimum absolute atomic E-state index is 0.250. The zero-order valence-corrected chi connectivity index (χ0v) is 7.23. The van der Waals surface area contributed by atoms with Crippen LogP contribution in [0.5, 0.6) is 0 Å². The molecule has 0 aromatic carbocycles. The van der Waals surface area contributed by atoms with Crippen LogP contribution in [0, 0.1) is 5.41 Å². The van der Waals surface area contributed by atoms with Gasteiger partial charge in [0.05, 0.1) is 0 Å². The van der Waals surface area contributed by atoms with Crippen LogP contribution >= 0.6 is 0 Å². The molecule has 0 aromatic rings. The van der Waals surface area contributed by atoms with E-state index in [1.54, 1.807) is 0 Å². The molecule has 0 saturated carbocycles. The van der Waals surface area contributed by atoms with Crippen molar-refractivity contribution >= 4 is 6.15 Å². The summed E-state index contributed by atoms with van der Waals surface area (Å²) in [6.07, 6.45) is 2.90. The van der Waals surface area contributed by atoms with Gasteiger partial charge < -0.3 is 0 Å². The summed E-state index contributed by atoms with van der Waals surface area (Å²) in [6.45, 7) is 9.05. The molecule has 0 aliphatic heterocycles. The van der Waals surface area contributed by atoms with E-state index in [0.29, 0.717) is 5.41 Å². The maximum Gasteiger partial charge on any atom is 0.373 e. The van der Waals surface area contributed by atoms with E-state index in [9.17, 15) is 0 Å². The Bertz CT molecular complexity index is 94.3. The van der Waals surface area contributed by atoms with E-state index >= 15 is 0 Å². The SMILES string of the molecule is CCCC(C)(C)C.O=C=O. The lowest BCUT2D eigenvalue weighted by Crippen LogP contribution is -2.02. The third kappa shape index (κ3) is 26.3. The highest BCUT2D eigenvalue weighted by atomic mass is 16.2. The first-order valence-corrected chi connectivity index (χ1v) is 3.47. The van der Waals surface area contributed by atoms with Gasteiger partial charge in [-0.05, 0) is 11.8 Å². The number of hydrogen-bond donors (Lipinski definition) is 0. The van der Waals surface area contributed by atoms with Crippen LogP contribution in [-0.4, -0.2) is 6.15 Å². The molecule has 0 N–H and O–H groups in total. The molecule has 2 heteroatoms. The van der Waals surface area contributed by atoms with Crippen molar-refractivity contribution in [1.82, 2.24) is 0 Å². The van der Waals surface area contributed by atoms with Crippen LogP contribution in [0.25, 0.3) is 0 Å². The first-order valence-electron chi connectivity index (χ1n) is 3.47. The smallest absolute Gasteiger partial charge is 0.186 e. The quantitative estimate of drug-likeness (QED) is 0.565. The fourth-order valence-electron chi connectivity index (χ4n) is 0.750. The second-order valence-corrected chi connectivity index (χ2v) is 3.39. The Morgan fingerprint density at radius 3 is 1.50 bits per heavy atom. The van der Waals surface area contributed by atoms with Gasteiger partial charge in [-0.2, -0.15) is 9.59 Å². The predicted octanol–water partition coefficient (Wildman–Crippen LogP) is 2.25. The highest BCUT2D eigenvalue weighted by Crippen LogP contribution is 2.19. The van der Waals surface area contributed by atoms with E-state index in [4.69, 9.17) is 9.59 Å². The van der Waals surface area contributed by atoms with Crippen LogP contribution < -0.4 is 0 Å². The molecule has 2 nitrogen and oxygen atoms in total. The van der Waals surface area contributed by atoms with Crippen LogP contribution in [0.4, 0.5) is 0 Å². The Hall–Kier alpha value is -0.620. The third-order valence-electron chi connectivity index (χ3n) is 1.000. The molecular weight excluding hydrogens is 128 g/mol. The maximum absolute atomic E-state index is 8.12. The first kappa shape index (κ1) is 12.1. The van der Waals surface area contributed by atoms with Gasteiger partial charge in [-0.15, -0.1) is 0 Å². The second-order valence-electron chi connectivity index (χ2n) is 3.39. The number of rotatable bonds is 1. The average molecular weight is 144 g/mol. The lowest BCUT2D eigenvalue weighted by atomic mass is 9.91. The van der Waals surface area contributed by atoms with Gasteiger partial charge in [-0.25, -0.2) is 0 Å². The predicted molar refractivity (Wildman–Crippen MR) is 39.4 cm³/mol. The summed E-state index contributed by atoms with van der Waals surface area (Å²) in [5.41, 5.74) is 0.550. The minimum atomic E-state index is 0.250. The normalized spacial score (nSPS) is 9.20. The van der Waals surface area contributed by atoms with E-state index in [2.05, 4.69) is 27.7 Å². The topological polar surface area (TPSA) is 34.1 Å². The Morgan fingerprint density at radius 2 is 1.50 bits per heavy atom. The Balaban J connectivity index is 0. The summed E-state index contributed by atoms with van der Waals surface area (Å²) >= 11 is 0. The summed E-state index contributed by atoms with van der Waals surface area (Å²) < 4.78 is 0. The summed E-state index contributed by atoms with van der Waals surface area (Å²) in [6, 6.07) is 0. The van der Waals surface area contributed by atoms with Gasteiger partial charge in [-0.3, -0.25) is 0 Å². The summed E-state index contributed by atoms with van der Waals surface area (Å²) in [7, 11) is 0. The Kier molecular flexibility index (Phi) is 7.86. The van der Waals surface area contributed by atoms with Crippen molar-refractivity contribution in [2.75, 3.05) is 0 Å². The standard InChI is InChI=1S/C7H16.CO2/c1-5-6-7(2,3)4;2-1-3/h5-6H2,1-4H3;. The molecule has 0 fully saturated rings. The molecule has 0 radical (unpaired) electrons. The highest BCUT2D eigenvalue weighted by Gasteiger charge is 2.06. The molecule has 0 saturated heterocycles. The second kappa shape index (κ2) is 6.50. The Labute approximate surface area is 62.6 Å². The summed E-state index contributed by atoms with van der Waals surface area (Å²) in [5.74, 6) is 0. The molecule has 0 aromatic heterocycles. The molecule has 0 aliphatic carbocycles. The van der Waals surface area contributed by atoms with Gasteiger partial charge in [0.25, 0.3) is 0 Å². The van der Waals surface area contributed by atoms with Gasteiger partial charge in [0.15, 0.2) is 0 Å². The average Bonchev–Trinajstić information content (AvgIpc) is 1.63. The number of carbonyl (C=O) groups excluding carboxylic acids is 2. The van der Waals surface area contributed by atoms with E-state index in [0.717, 1.165) is 0 Å². The van der Waals surface area contributed by atoms with Crippen molar-refractivity contribution < 1.29 is 9.59 Å². The molecule has 10 heavy (non-hydrogen) atoms. The third-order valence-corrected chi connectivity index (χ3v) is 1.000. The zero-order valence-electron chi connectivity index (χ0n) is 7.23. The van der Waals surface area contributed by atoms with Gasteiger partial charge >= 0.3 is 6.15 Å². The monoisotopic (exact) mass is 144 g/mol. The van der Waals surface area contributed by atoms with Crippen LogP contribution in [-0.2, 0) is 9.59 Å². The molecule has 0 bridgehead atoms. The largest absolute Gasteiger partial charge is 0.373 e. The minimum Gasteiger partial charge on any atom is -0.186 e. The van der Waals surface area contributed by atoms with Crippen molar-refractivity contribution in [2.24, 2.45) is 5.41 Å². The van der Waals surface area contributed by atoms with Gasteiger partial charge in [0, 0.05) is 0 Å². The fraction of sp³-hybridized carbons (Fsp3) is 0.875. The van der Waals surface area contributed by atoms with Gasteiger partial charge in [0.2, 0.25) is 0 Å². The lowest BCUT2D eigenvalue weighted by Gasteiger charge is -2.15. The van der Waals surface area contributed by atoms with Gasteiger partial charge in [-0.1, -0.05) is 34.1 Å². The molecule has 0 unspecified atom stereocenters. The van der Waals surface area contributed by atoms with E-state index < -0.39 is 0 Å². The highest BCUT2D eigenvalue weighted by molar-refractivity contribution is 5.20. The Morgan fingerprint density at radius 1 is 1.20 bits per heavy atom. The molecule has 0 heterocycles. The summed E-state index contributed by atoms with van der Waals surface area (Å²) in [5, 5.41) is 0. The van der Waals surface area contributed by atoms with Gasteiger partial charge in [0.1, 0.15) is 0 Å². The molecular formula is C8H16O2. The number of hydrogen-bond acceptors (Lipinski definition) is 2.